The third-order valence-electron chi connectivity index (χ3n) is 3.46. The monoisotopic (exact) mass is 333 g/mol. The lowest BCUT2D eigenvalue weighted by molar-refractivity contribution is -0.118. The average molecular weight is 334 g/mol. The topological polar surface area (TPSA) is 47.6 Å². The smallest absolute Gasteiger partial charge is 0.262 e. The Morgan fingerprint density at radius 1 is 1.22 bits per heavy atom. The molecule has 0 fully saturated rings. The zero-order valence-electron chi connectivity index (χ0n) is 13.5. The quantitative estimate of drug-likeness (QED) is 0.860. The van der Waals surface area contributed by atoms with E-state index in [1.165, 1.54) is 12.7 Å². The Morgan fingerprint density at radius 2 is 1.91 bits per heavy atom. The molecule has 1 amide bonds. The summed E-state index contributed by atoms with van der Waals surface area (Å²) in [6, 6.07) is 11.1. The predicted molar refractivity (Wildman–Crippen MR) is 92.7 cm³/mol. The van der Waals surface area contributed by atoms with Crippen molar-refractivity contribution >= 4 is 23.2 Å². The maximum absolute atomic E-state index is 12.0. The molecule has 0 unspecified atom stereocenters. The van der Waals surface area contributed by atoms with Crippen molar-refractivity contribution in [2.75, 3.05) is 19.0 Å². The van der Waals surface area contributed by atoms with Crippen LogP contribution >= 0.6 is 11.6 Å². The van der Waals surface area contributed by atoms with Gasteiger partial charge in [-0.15, -0.1) is 0 Å². The summed E-state index contributed by atoms with van der Waals surface area (Å²) in [5, 5.41) is 3.36. The van der Waals surface area contributed by atoms with Crippen molar-refractivity contribution in [2.24, 2.45) is 0 Å². The van der Waals surface area contributed by atoms with Gasteiger partial charge in [0.05, 0.1) is 12.8 Å². The highest BCUT2D eigenvalue weighted by Crippen LogP contribution is 2.30. The van der Waals surface area contributed by atoms with Crippen molar-refractivity contribution in [1.82, 2.24) is 0 Å². The fourth-order valence-corrected chi connectivity index (χ4v) is 2.24. The number of halogens is 1. The zero-order chi connectivity index (χ0) is 16.8. The number of amides is 1. The first kappa shape index (κ1) is 17.2. The Hall–Kier alpha value is -2.20. The molecule has 0 aliphatic rings. The van der Waals surface area contributed by atoms with Crippen molar-refractivity contribution in [1.29, 1.82) is 0 Å². The van der Waals surface area contributed by atoms with Crippen LogP contribution < -0.4 is 14.8 Å². The molecule has 0 aromatic heterocycles. The van der Waals surface area contributed by atoms with Crippen LogP contribution in [0.25, 0.3) is 0 Å². The van der Waals surface area contributed by atoms with Gasteiger partial charge in [-0.25, -0.2) is 0 Å². The number of anilines is 1. The van der Waals surface area contributed by atoms with Gasteiger partial charge < -0.3 is 14.8 Å². The summed E-state index contributed by atoms with van der Waals surface area (Å²) in [5.74, 6) is 0.919. The van der Waals surface area contributed by atoms with Crippen LogP contribution in [-0.2, 0) is 11.2 Å². The molecule has 0 radical (unpaired) electrons. The lowest BCUT2D eigenvalue weighted by Crippen LogP contribution is -2.20. The molecule has 23 heavy (non-hydrogen) atoms. The Bertz CT molecular complexity index is 683. The van der Waals surface area contributed by atoms with E-state index in [0.717, 1.165) is 12.0 Å². The van der Waals surface area contributed by atoms with E-state index >= 15 is 0 Å². The molecule has 4 nitrogen and oxygen atoms in total. The Balaban J connectivity index is 1.98. The normalized spacial score (nSPS) is 10.3. The van der Waals surface area contributed by atoms with Gasteiger partial charge in [-0.05, 0) is 42.7 Å². The van der Waals surface area contributed by atoms with E-state index in [9.17, 15) is 4.79 Å². The van der Waals surface area contributed by atoms with E-state index in [1.54, 1.807) is 12.1 Å². The average Bonchev–Trinajstić information content (AvgIpc) is 2.56. The Morgan fingerprint density at radius 3 is 2.52 bits per heavy atom. The van der Waals surface area contributed by atoms with Gasteiger partial charge in [0.1, 0.15) is 11.5 Å². The lowest BCUT2D eigenvalue weighted by atomic mass is 10.2. The summed E-state index contributed by atoms with van der Waals surface area (Å²) >= 11 is 6.05. The summed E-state index contributed by atoms with van der Waals surface area (Å²) in [6.45, 7) is 3.88. The zero-order valence-corrected chi connectivity index (χ0v) is 14.2. The number of methoxy groups -OCH3 is 1. The fraction of sp³-hybridized carbons (Fsp3) is 0.278. The van der Waals surface area contributed by atoms with E-state index in [2.05, 4.69) is 12.2 Å². The van der Waals surface area contributed by atoms with Crippen molar-refractivity contribution < 1.29 is 14.3 Å². The first-order valence-corrected chi connectivity index (χ1v) is 7.77. The number of carbonyl (C=O) groups excluding carboxylic acids is 1. The van der Waals surface area contributed by atoms with Crippen LogP contribution in [0.5, 0.6) is 11.5 Å². The van der Waals surface area contributed by atoms with Crippen molar-refractivity contribution in [3.63, 3.8) is 0 Å². The molecule has 2 aromatic carbocycles. The summed E-state index contributed by atoms with van der Waals surface area (Å²) in [6.07, 6.45) is 0.969. The van der Waals surface area contributed by atoms with Crippen LogP contribution in [0, 0.1) is 6.92 Å². The van der Waals surface area contributed by atoms with Crippen LogP contribution in [0.1, 0.15) is 18.1 Å². The highest BCUT2D eigenvalue weighted by molar-refractivity contribution is 6.31. The predicted octanol–water partition coefficient (Wildman–Crippen LogP) is 4.24. The molecule has 0 aliphatic heterocycles. The van der Waals surface area contributed by atoms with Crippen molar-refractivity contribution in [3.8, 4) is 11.5 Å². The molecule has 0 bridgehead atoms. The largest absolute Gasteiger partial charge is 0.495 e. The van der Waals surface area contributed by atoms with Crippen molar-refractivity contribution in [2.45, 2.75) is 20.3 Å². The summed E-state index contributed by atoms with van der Waals surface area (Å²) in [4.78, 5) is 12.0. The van der Waals surface area contributed by atoms with Gasteiger partial charge in [0, 0.05) is 11.1 Å². The molecule has 5 heteroatoms. The molecule has 2 aromatic rings. The minimum atomic E-state index is -0.260. The Labute approximate surface area is 141 Å². The van der Waals surface area contributed by atoms with Crippen molar-refractivity contribution in [3.05, 3.63) is 52.5 Å². The summed E-state index contributed by atoms with van der Waals surface area (Å²) in [5.41, 5.74) is 2.66. The van der Waals surface area contributed by atoms with E-state index in [4.69, 9.17) is 21.1 Å². The molecular formula is C18H20ClNO3. The first-order valence-electron chi connectivity index (χ1n) is 7.39. The molecular weight excluding hydrogens is 314 g/mol. The van der Waals surface area contributed by atoms with Gasteiger partial charge in [-0.1, -0.05) is 30.7 Å². The Kier molecular flexibility index (Phi) is 5.88. The number of rotatable bonds is 6. The van der Waals surface area contributed by atoms with Crippen LogP contribution in [-0.4, -0.2) is 19.6 Å². The van der Waals surface area contributed by atoms with E-state index in [-0.39, 0.29) is 12.5 Å². The van der Waals surface area contributed by atoms with Gasteiger partial charge >= 0.3 is 0 Å². The van der Waals surface area contributed by atoms with Crippen LogP contribution in [0.2, 0.25) is 5.02 Å². The number of hydrogen-bond acceptors (Lipinski definition) is 3. The lowest BCUT2D eigenvalue weighted by Gasteiger charge is -2.13. The van der Waals surface area contributed by atoms with Crippen LogP contribution in [0.4, 0.5) is 5.69 Å². The number of benzene rings is 2. The molecule has 0 spiro atoms. The molecule has 1 N–H and O–H groups in total. The maximum atomic E-state index is 12.0. The standard InChI is InChI=1S/C18H20ClNO3/c1-4-13-5-7-14(8-6-13)23-11-18(21)20-16-9-12(2)15(19)10-17(16)22-3/h5-10H,4,11H2,1-3H3,(H,20,21). The second-order valence-electron chi connectivity index (χ2n) is 5.14. The van der Waals surface area contributed by atoms with Gasteiger partial charge in [0.15, 0.2) is 6.61 Å². The third-order valence-corrected chi connectivity index (χ3v) is 3.86. The number of aryl methyl sites for hydroxylation is 2. The summed E-state index contributed by atoms with van der Waals surface area (Å²) in [7, 11) is 1.53. The number of hydrogen-bond donors (Lipinski definition) is 1. The first-order chi connectivity index (χ1) is 11.0. The van der Waals surface area contributed by atoms with E-state index in [0.29, 0.717) is 22.2 Å². The molecule has 122 valence electrons. The molecule has 2 rings (SSSR count). The fourth-order valence-electron chi connectivity index (χ4n) is 2.09. The van der Waals surface area contributed by atoms with Crippen LogP contribution in [0.15, 0.2) is 36.4 Å². The van der Waals surface area contributed by atoms with E-state index < -0.39 is 0 Å². The van der Waals surface area contributed by atoms with Crippen LogP contribution in [0.3, 0.4) is 0 Å². The van der Waals surface area contributed by atoms with Gasteiger partial charge in [-0.2, -0.15) is 0 Å². The second-order valence-corrected chi connectivity index (χ2v) is 5.54. The van der Waals surface area contributed by atoms with E-state index in [1.807, 2.05) is 31.2 Å². The second kappa shape index (κ2) is 7.88. The van der Waals surface area contributed by atoms with Gasteiger partial charge in [0.25, 0.3) is 5.91 Å². The third kappa shape index (κ3) is 4.63. The molecule has 0 aliphatic carbocycles. The summed E-state index contributed by atoms with van der Waals surface area (Å²) < 4.78 is 10.7. The van der Waals surface area contributed by atoms with Gasteiger partial charge in [0.2, 0.25) is 0 Å². The highest BCUT2D eigenvalue weighted by Gasteiger charge is 2.11. The molecule has 0 atom stereocenters. The SMILES string of the molecule is CCc1ccc(OCC(=O)Nc2cc(C)c(Cl)cc2OC)cc1. The number of carbonyl (C=O) groups is 1. The van der Waals surface area contributed by atoms with Gasteiger partial charge in [-0.3, -0.25) is 4.79 Å². The maximum Gasteiger partial charge on any atom is 0.262 e. The number of nitrogens with one attached hydrogen (secondary N) is 1. The number of ether oxygens (including phenoxy) is 2. The highest BCUT2D eigenvalue weighted by atomic mass is 35.5. The molecule has 0 heterocycles. The minimum absolute atomic E-state index is 0.0731. The minimum Gasteiger partial charge on any atom is -0.495 e. The molecule has 0 saturated carbocycles. The molecule has 0 saturated heterocycles.